The third-order valence-corrected chi connectivity index (χ3v) is 3.27. The van der Waals surface area contributed by atoms with E-state index in [1.54, 1.807) is 0 Å². The Hall–Kier alpha value is -1.36. The number of aryl methyl sites for hydroxylation is 1. The zero-order valence-electron chi connectivity index (χ0n) is 12.1. The van der Waals surface area contributed by atoms with Crippen molar-refractivity contribution in [2.24, 2.45) is 0 Å². The first-order valence-electron chi connectivity index (χ1n) is 7.12. The fourth-order valence-corrected chi connectivity index (χ4v) is 2.30. The molecule has 1 saturated heterocycles. The third kappa shape index (κ3) is 4.06. The number of anilines is 1. The summed E-state index contributed by atoms with van der Waals surface area (Å²) in [7, 11) is 2.04. The van der Waals surface area contributed by atoms with Gasteiger partial charge in [-0.2, -0.15) is 4.98 Å². The Labute approximate surface area is 115 Å². The largest absolute Gasteiger partial charge is 0.478 e. The average Bonchev–Trinajstić information content (AvgIpc) is 2.88. The topological polar surface area (TPSA) is 50.3 Å². The predicted molar refractivity (Wildman–Crippen MR) is 76.8 cm³/mol. The number of aromatic nitrogens is 2. The van der Waals surface area contributed by atoms with Crippen LogP contribution in [-0.2, 0) is 0 Å². The van der Waals surface area contributed by atoms with Crippen LogP contribution in [0.15, 0.2) is 6.07 Å². The highest BCUT2D eigenvalue weighted by molar-refractivity contribution is 5.33. The minimum Gasteiger partial charge on any atom is -0.478 e. The fourth-order valence-electron chi connectivity index (χ4n) is 2.30. The monoisotopic (exact) mass is 264 g/mol. The van der Waals surface area contributed by atoms with E-state index in [1.807, 2.05) is 20.0 Å². The highest BCUT2D eigenvalue weighted by Crippen LogP contribution is 2.16. The minimum atomic E-state index is 0.550. The molecule has 0 spiro atoms. The van der Waals surface area contributed by atoms with E-state index in [-0.39, 0.29) is 0 Å². The molecule has 1 atom stereocenters. The third-order valence-electron chi connectivity index (χ3n) is 3.27. The maximum Gasteiger partial charge on any atom is 0.228 e. The van der Waals surface area contributed by atoms with Crippen molar-refractivity contribution in [2.75, 3.05) is 31.6 Å². The second kappa shape index (κ2) is 6.70. The number of ether oxygens (including phenoxy) is 1. The molecule has 0 radical (unpaired) electrons. The van der Waals surface area contributed by atoms with Crippen LogP contribution in [0.4, 0.5) is 5.95 Å². The van der Waals surface area contributed by atoms with E-state index in [4.69, 9.17) is 4.74 Å². The van der Waals surface area contributed by atoms with E-state index in [2.05, 4.69) is 27.1 Å². The molecule has 0 saturated carbocycles. The minimum absolute atomic E-state index is 0.550. The van der Waals surface area contributed by atoms with Crippen molar-refractivity contribution in [3.8, 4) is 5.88 Å². The normalized spacial score (nSPS) is 18.6. The Kier molecular flexibility index (Phi) is 4.96. The zero-order valence-corrected chi connectivity index (χ0v) is 12.1. The molecule has 19 heavy (non-hydrogen) atoms. The van der Waals surface area contributed by atoms with Crippen LogP contribution in [0.5, 0.6) is 5.88 Å². The van der Waals surface area contributed by atoms with E-state index < -0.39 is 0 Å². The first-order chi connectivity index (χ1) is 9.19. The molecule has 1 unspecified atom stereocenters. The summed E-state index contributed by atoms with van der Waals surface area (Å²) in [5.74, 6) is 1.43. The SMILES string of the molecule is CCCOc1cc(C)nc(N(C)CC2CCCN2)n1. The van der Waals surface area contributed by atoms with Crippen molar-refractivity contribution >= 4 is 5.95 Å². The van der Waals surface area contributed by atoms with Crippen molar-refractivity contribution in [1.29, 1.82) is 0 Å². The first-order valence-corrected chi connectivity index (χ1v) is 7.12. The van der Waals surface area contributed by atoms with Gasteiger partial charge in [0.05, 0.1) is 6.61 Å². The molecule has 0 amide bonds. The molecule has 5 nitrogen and oxygen atoms in total. The quantitative estimate of drug-likeness (QED) is 0.848. The van der Waals surface area contributed by atoms with E-state index >= 15 is 0 Å². The van der Waals surface area contributed by atoms with Gasteiger partial charge >= 0.3 is 0 Å². The Bertz CT molecular complexity index is 404. The predicted octanol–water partition coefficient (Wildman–Crippen LogP) is 1.76. The van der Waals surface area contributed by atoms with E-state index in [1.165, 1.54) is 12.8 Å². The van der Waals surface area contributed by atoms with Gasteiger partial charge in [-0.3, -0.25) is 0 Å². The Balaban J connectivity index is 2.02. The smallest absolute Gasteiger partial charge is 0.228 e. The molecular formula is C14H24N4O. The summed E-state index contributed by atoms with van der Waals surface area (Å²) in [6.45, 7) is 6.83. The molecule has 1 aromatic heterocycles. The van der Waals surface area contributed by atoms with E-state index in [0.29, 0.717) is 18.5 Å². The lowest BCUT2D eigenvalue weighted by Crippen LogP contribution is -2.36. The number of rotatable bonds is 6. The number of likely N-dealkylation sites (N-methyl/N-ethyl adjacent to an activating group) is 1. The van der Waals surface area contributed by atoms with Crippen molar-refractivity contribution in [3.63, 3.8) is 0 Å². The highest BCUT2D eigenvalue weighted by Gasteiger charge is 2.17. The fraction of sp³-hybridized carbons (Fsp3) is 0.714. The van der Waals surface area contributed by atoms with Crippen LogP contribution < -0.4 is 15.0 Å². The summed E-state index contributed by atoms with van der Waals surface area (Å²) < 4.78 is 5.60. The standard InChI is InChI=1S/C14H24N4O/c1-4-8-19-13-9-11(2)16-14(17-13)18(3)10-12-6-5-7-15-12/h9,12,15H,4-8,10H2,1-3H3. The average molecular weight is 264 g/mol. The molecule has 1 aliphatic heterocycles. The number of nitrogens with one attached hydrogen (secondary N) is 1. The molecule has 1 N–H and O–H groups in total. The van der Waals surface area contributed by atoms with Gasteiger partial charge in [0.1, 0.15) is 0 Å². The lowest BCUT2D eigenvalue weighted by molar-refractivity contribution is 0.304. The molecule has 1 fully saturated rings. The van der Waals surface area contributed by atoms with E-state index in [0.717, 1.165) is 31.2 Å². The van der Waals surface area contributed by atoms with Gasteiger partial charge in [0.2, 0.25) is 11.8 Å². The van der Waals surface area contributed by atoms with Crippen molar-refractivity contribution < 1.29 is 4.74 Å². The molecule has 1 aliphatic rings. The number of hydrogen-bond donors (Lipinski definition) is 1. The van der Waals surface area contributed by atoms with Crippen LogP contribution in [0, 0.1) is 6.92 Å². The first kappa shape index (κ1) is 14.1. The lowest BCUT2D eigenvalue weighted by atomic mass is 10.2. The summed E-state index contributed by atoms with van der Waals surface area (Å²) in [4.78, 5) is 11.1. The number of hydrogen-bond acceptors (Lipinski definition) is 5. The summed E-state index contributed by atoms with van der Waals surface area (Å²) in [5.41, 5.74) is 0.947. The zero-order chi connectivity index (χ0) is 13.7. The van der Waals surface area contributed by atoms with Gasteiger partial charge < -0.3 is 15.0 Å². The lowest BCUT2D eigenvalue weighted by Gasteiger charge is -2.22. The van der Waals surface area contributed by atoms with Crippen molar-refractivity contribution in [1.82, 2.24) is 15.3 Å². The molecule has 2 rings (SSSR count). The summed E-state index contributed by atoms with van der Waals surface area (Å²) in [6.07, 6.45) is 3.48. The molecule has 0 aromatic carbocycles. The van der Waals surface area contributed by atoms with Gasteiger partial charge in [0, 0.05) is 31.4 Å². The molecule has 0 bridgehead atoms. The molecule has 2 heterocycles. The van der Waals surface area contributed by atoms with Crippen LogP contribution in [0.3, 0.4) is 0 Å². The Morgan fingerprint density at radius 1 is 1.47 bits per heavy atom. The second-order valence-corrected chi connectivity index (χ2v) is 5.17. The summed E-state index contributed by atoms with van der Waals surface area (Å²) >= 11 is 0. The van der Waals surface area contributed by atoms with Crippen LogP contribution in [0.2, 0.25) is 0 Å². The molecule has 1 aromatic rings. The summed E-state index contributed by atoms with van der Waals surface area (Å²) in [6, 6.07) is 2.44. The van der Waals surface area contributed by atoms with Crippen LogP contribution in [-0.4, -0.2) is 42.8 Å². The highest BCUT2D eigenvalue weighted by atomic mass is 16.5. The Morgan fingerprint density at radius 3 is 3.00 bits per heavy atom. The maximum atomic E-state index is 5.60. The van der Waals surface area contributed by atoms with Gasteiger partial charge in [-0.25, -0.2) is 4.98 Å². The second-order valence-electron chi connectivity index (χ2n) is 5.17. The molecule has 5 heteroatoms. The van der Waals surface area contributed by atoms with Crippen molar-refractivity contribution in [3.05, 3.63) is 11.8 Å². The van der Waals surface area contributed by atoms with Gasteiger partial charge in [-0.05, 0) is 32.7 Å². The van der Waals surface area contributed by atoms with Gasteiger partial charge in [0.25, 0.3) is 0 Å². The Morgan fingerprint density at radius 2 is 2.32 bits per heavy atom. The van der Waals surface area contributed by atoms with E-state index in [9.17, 15) is 0 Å². The van der Waals surface area contributed by atoms with Crippen LogP contribution in [0.25, 0.3) is 0 Å². The van der Waals surface area contributed by atoms with Crippen LogP contribution >= 0.6 is 0 Å². The maximum absolute atomic E-state index is 5.60. The number of nitrogens with zero attached hydrogens (tertiary/aromatic N) is 3. The van der Waals surface area contributed by atoms with Crippen LogP contribution in [0.1, 0.15) is 31.9 Å². The molecular weight excluding hydrogens is 240 g/mol. The van der Waals surface area contributed by atoms with Gasteiger partial charge in [-0.1, -0.05) is 6.92 Å². The van der Waals surface area contributed by atoms with Crippen molar-refractivity contribution in [2.45, 2.75) is 39.2 Å². The van der Waals surface area contributed by atoms with Gasteiger partial charge in [0.15, 0.2) is 0 Å². The molecule has 106 valence electrons. The van der Waals surface area contributed by atoms with Gasteiger partial charge in [-0.15, -0.1) is 0 Å². The summed E-state index contributed by atoms with van der Waals surface area (Å²) in [5, 5.41) is 3.49. The molecule has 0 aliphatic carbocycles.